The molecule has 0 aromatic carbocycles. The van der Waals surface area contributed by atoms with Gasteiger partial charge in [0.25, 0.3) is 5.91 Å². The number of fused-ring (bicyclic) bond motifs is 6. The Morgan fingerprint density at radius 2 is 1.87 bits per heavy atom. The van der Waals surface area contributed by atoms with Crippen LogP contribution in [0.3, 0.4) is 0 Å². The van der Waals surface area contributed by atoms with Crippen molar-refractivity contribution < 1.29 is 32.9 Å². The van der Waals surface area contributed by atoms with E-state index in [-0.39, 0.29) is 30.2 Å². The van der Waals surface area contributed by atoms with E-state index in [0.29, 0.717) is 34.7 Å². The van der Waals surface area contributed by atoms with Gasteiger partial charge in [0.1, 0.15) is 23.3 Å². The van der Waals surface area contributed by atoms with Crippen LogP contribution in [-0.2, 0) is 0 Å². The summed E-state index contributed by atoms with van der Waals surface area (Å²) in [6, 6.07) is 10.4. The van der Waals surface area contributed by atoms with Gasteiger partial charge in [0.15, 0.2) is 11.6 Å². The number of hydrogen-bond donors (Lipinski definition) is 4. The molecule has 1 unspecified atom stereocenters. The first-order chi connectivity index (χ1) is 22.2. The summed E-state index contributed by atoms with van der Waals surface area (Å²) in [5, 5.41) is 28.8. The average Bonchev–Trinajstić information content (AvgIpc) is 3.53. The molecule has 3 aliphatic rings. The molecule has 4 N–H and O–H groups in total. The summed E-state index contributed by atoms with van der Waals surface area (Å²) >= 11 is 1.12. The lowest BCUT2D eigenvalue weighted by Gasteiger charge is -2.34. The summed E-state index contributed by atoms with van der Waals surface area (Å²) < 4.78 is 49.7. The van der Waals surface area contributed by atoms with Crippen molar-refractivity contribution >= 4 is 29.5 Å². The maximum atomic E-state index is 13.5. The van der Waals surface area contributed by atoms with Crippen molar-refractivity contribution in [1.82, 2.24) is 24.5 Å². The van der Waals surface area contributed by atoms with E-state index in [0.717, 1.165) is 43.6 Å². The summed E-state index contributed by atoms with van der Waals surface area (Å²) in [7, 11) is 0. The molecule has 1 atom stereocenters. The zero-order valence-electron chi connectivity index (χ0n) is 27.0. The first-order valence-electron chi connectivity index (χ1n) is 15.9. The topological polar surface area (TPSA) is 138 Å². The highest BCUT2D eigenvalue weighted by molar-refractivity contribution is 7.97. The monoisotopic (exact) mass is 677 g/mol. The smallest absolute Gasteiger partial charge is 0.394 e. The molecule has 1 amide bonds. The maximum absolute atomic E-state index is 13.5. The van der Waals surface area contributed by atoms with Crippen molar-refractivity contribution in [1.29, 1.82) is 0 Å². The number of aliphatic hydroxyl groups is 2. The number of pyridine rings is 2. The molecule has 256 valence electrons. The second kappa shape index (κ2) is 13.5. The fourth-order valence-electron chi connectivity index (χ4n) is 6.24. The lowest BCUT2D eigenvalue weighted by atomic mass is 9.93. The van der Waals surface area contributed by atoms with Crippen LogP contribution in [0.15, 0.2) is 47.6 Å². The number of anilines is 2. The van der Waals surface area contributed by atoms with Gasteiger partial charge in [-0.25, -0.2) is 14.6 Å². The van der Waals surface area contributed by atoms with Gasteiger partial charge < -0.3 is 25.2 Å². The molecule has 6 rings (SSSR count). The summed E-state index contributed by atoms with van der Waals surface area (Å²) in [5.41, 5.74) is -1.99. The Hall–Kier alpha value is -3.56. The van der Waals surface area contributed by atoms with Crippen molar-refractivity contribution in [3.63, 3.8) is 0 Å². The van der Waals surface area contributed by atoms with Crippen LogP contribution >= 0.6 is 11.9 Å². The molecular weight excluding hydrogens is 635 g/mol. The van der Waals surface area contributed by atoms with Gasteiger partial charge in [0.2, 0.25) is 5.88 Å². The highest BCUT2D eigenvalue weighted by Crippen LogP contribution is 2.61. The Morgan fingerprint density at radius 3 is 2.60 bits per heavy atom. The molecule has 0 radical (unpaired) electrons. The summed E-state index contributed by atoms with van der Waals surface area (Å²) in [6.45, 7) is 8.98. The molecule has 2 aliphatic heterocycles. The summed E-state index contributed by atoms with van der Waals surface area (Å²) in [4.78, 5) is 25.1. The number of rotatable bonds is 6. The molecule has 4 bridgehead atoms. The minimum atomic E-state index is -4.52. The molecule has 15 heteroatoms. The van der Waals surface area contributed by atoms with E-state index in [4.69, 9.17) is 9.72 Å². The molecule has 2 fully saturated rings. The molecule has 3 aromatic rings. The largest absolute Gasteiger partial charge is 0.471 e. The van der Waals surface area contributed by atoms with Crippen LogP contribution in [0, 0.1) is 11.3 Å². The van der Waals surface area contributed by atoms with Gasteiger partial charge in [-0.1, -0.05) is 19.9 Å². The Bertz CT molecular complexity index is 1560. The van der Waals surface area contributed by atoms with Crippen LogP contribution in [0.2, 0.25) is 0 Å². The molecule has 47 heavy (non-hydrogen) atoms. The van der Waals surface area contributed by atoms with E-state index >= 15 is 0 Å². The van der Waals surface area contributed by atoms with Crippen LogP contribution in [0.25, 0.3) is 5.82 Å². The second-order valence-corrected chi connectivity index (χ2v) is 13.6. The van der Waals surface area contributed by atoms with Crippen LogP contribution in [0.5, 0.6) is 5.88 Å². The SMILES string of the molecule is CC.CC1(C)CC2CCCNc3cccc(n3)SNC(=O)c3ccc(-n4ccc(OCC(O)(O)CC5(C(F)(F)F)CC5)n4)nc3N1C2. The van der Waals surface area contributed by atoms with Crippen LogP contribution in [0.4, 0.5) is 24.8 Å². The number of nitrogens with one attached hydrogen (secondary N) is 2. The number of hydrogen-bond acceptors (Lipinski definition) is 10. The van der Waals surface area contributed by atoms with Gasteiger partial charge in [-0.2, -0.15) is 13.2 Å². The normalized spacial score (nSPS) is 20.4. The van der Waals surface area contributed by atoms with E-state index in [9.17, 15) is 28.2 Å². The van der Waals surface area contributed by atoms with Crippen LogP contribution < -0.4 is 19.7 Å². The minimum Gasteiger partial charge on any atom is -0.471 e. The second-order valence-electron chi connectivity index (χ2n) is 12.8. The number of nitrogens with zero attached hydrogens (tertiary/aromatic N) is 5. The fourth-order valence-corrected chi connectivity index (χ4v) is 6.84. The maximum Gasteiger partial charge on any atom is 0.394 e. The average molecular weight is 678 g/mol. The molecule has 1 saturated carbocycles. The molecule has 3 aromatic heterocycles. The highest BCUT2D eigenvalue weighted by Gasteiger charge is 2.65. The van der Waals surface area contributed by atoms with Gasteiger partial charge in [0, 0.05) is 49.3 Å². The lowest BCUT2D eigenvalue weighted by Crippen LogP contribution is -2.42. The summed E-state index contributed by atoms with van der Waals surface area (Å²) in [6.07, 6.45) is -1.28. The van der Waals surface area contributed by atoms with Gasteiger partial charge >= 0.3 is 6.18 Å². The van der Waals surface area contributed by atoms with E-state index in [1.807, 2.05) is 32.0 Å². The van der Waals surface area contributed by atoms with E-state index < -0.39 is 30.4 Å². The Kier molecular flexibility index (Phi) is 10.00. The number of alkyl halides is 3. The van der Waals surface area contributed by atoms with E-state index in [1.54, 1.807) is 18.3 Å². The number of halogens is 3. The van der Waals surface area contributed by atoms with Gasteiger partial charge in [0.05, 0.1) is 11.0 Å². The number of carbonyl (C=O) groups excluding carboxylic acids is 1. The van der Waals surface area contributed by atoms with Gasteiger partial charge in [-0.3, -0.25) is 9.52 Å². The lowest BCUT2D eigenvalue weighted by molar-refractivity contribution is -0.246. The third-order valence-electron chi connectivity index (χ3n) is 8.71. The standard InChI is InChI=1S/C30H36F3N7O4S.C2H6/c1-27(2)15-19-5-4-13-34-21-6-3-7-24(35-21)45-38-26(41)20-8-9-22(36-25(20)39(27)16-19)40-14-10-23(37-40)44-18-29(42,43)17-28(11-12-28)30(31,32)33;1-2/h3,6-10,14,19,42-43H,4-5,11-13,15-18H2,1-2H3,(H,34,35)(H,38,41);1-2H3. The highest BCUT2D eigenvalue weighted by atomic mass is 32.2. The van der Waals surface area contributed by atoms with Crippen molar-refractivity contribution in [3.05, 3.63) is 48.2 Å². The van der Waals surface area contributed by atoms with E-state index in [2.05, 4.69) is 38.9 Å². The summed E-state index contributed by atoms with van der Waals surface area (Å²) in [5.74, 6) is -1.01. The van der Waals surface area contributed by atoms with Crippen molar-refractivity contribution in [3.8, 4) is 11.7 Å². The Balaban J connectivity index is 0.00000213. The molecule has 1 aliphatic carbocycles. The third-order valence-corrected chi connectivity index (χ3v) is 9.44. The molecule has 5 heterocycles. The van der Waals surface area contributed by atoms with Crippen molar-refractivity contribution in [2.24, 2.45) is 11.3 Å². The predicted octanol–water partition coefficient (Wildman–Crippen LogP) is 5.73. The molecule has 0 spiro atoms. The molecule has 1 saturated heterocycles. The minimum absolute atomic E-state index is 0.0173. The van der Waals surface area contributed by atoms with Crippen molar-refractivity contribution in [2.45, 2.75) is 88.7 Å². The number of ether oxygens (including phenoxy) is 1. The molecular formula is C32H42F3N7O4S. The predicted molar refractivity (Wildman–Crippen MR) is 173 cm³/mol. The third kappa shape index (κ3) is 7.95. The van der Waals surface area contributed by atoms with Crippen molar-refractivity contribution in [2.75, 3.05) is 29.9 Å². The quantitative estimate of drug-likeness (QED) is 0.189. The van der Waals surface area contributed by atoms with Crippen LogP contribution in [0.1, 0.15) is 76.6 Å². The molecule has 11 nitrogen and oxygen atoms in total. The van der Waals surface area contributed by atoms with Gasteiger partial charge in [-0.15, -0.1) is 5.10 Å². The van der Waals surface area contributed by atoms with E-state index in [1.165, 1.54) is 10.7 Å². The Morgan fingerprint density at radius 1 is 1.11 bits per heavy atom. The fraction of sp³-hybridized carbons (Fsp3) is 0.562. The van der Waals surface area contributed by atoms with Gasteiger partial charge in [-0.05, 0) is 76.1 Å². The first-order valence-corrected chi connectivity index (χ1v) is 16.7. The number of aromatic nitrogens is 4. The Labute approximate surface area is 276 Å². The number of carbonyl (C=O) groups is 1. The number of amides is 1. The zero-order valence-corrected chi connectivity index (χ0v) is 27.8. The first kappa shape index (κ1) is 34.8. The zero-order chi connectivity index (χ0) is 34.0. The van der Waals surface area contributed by atoms with Crippen LogP contribution in [-0.4, -0.2) is 73.1 Å².